The highest BCUT2D eigenvalue weighted by Gasteiger charge is 2.15. The fourth-order valence-electron chi connectivity index (χ4n) is 1.84. The summed E-state index contributed by atoms with van der Waals surface area (Å²) in [5, 5.41) is 19.3. The zero-order valence-corrected chi connectivity index (χ0v) is 12.0. The predicted octanol–water partition coefficient (Wildman–Crippen LogP) is 3.56. The molecule has 102 valence electrons. The second-order valence-corrected chi connectivity index (χ2v) is 4.78. The van der Waals surface area contributed by atoms with E-state index in [0.29, 0.717) is 22.3 Å². The second kappa shape index (κ2) is 6.21. The molecule has 0 saturated heterocycles. The summed E-state index contributed by atoms with van der Waals surface area (Å²) in [4.78, 5) is 3.87. The third kappa shape index (κ3) is 3.09. The smallest absolute Gasteiger partial charge is 0.181 e. The monoisotopic (exact) mass is 308 g/mol. The highest BCUT2D eigenvalue weighted by Crippen LogP contribution is 2.32. The molecule has 1 heterocycles. The predicted molar refractivity (Wildman–Crippen MR) is 76.4 cm³/mol. The van der Waals surface area contributed by atoms with Gasteiger partial charge in [-0.05, 0) is 35.4 Å². The Morgan fingerprint density at radius 1 is 1.25 bits per heavy atom. The van der Waals surface area contributed by atoms with Crippen molar-refractivity contribution in [3.8, 4) is 17.2 Å². The Hall–Kier alpha value is -1.64. The molecule has 6 heteroatoms. The first-order valence-corrected chi connectivity index (χ1v) is 6.39. The number of benzene rings is 1. The van der Waals surface area contributed by atoms with Gasteiger partial charge in [0, 0.05) is 12.7 Å². The molecular formula is C14H10Cl2N2O2. The van der Waals surface area contributed by atoms with Crippen LogP contribution in [0.5, 0.6) is 0 Å². The summed E-state index contributed by atoms with van der Waals surface area (Å²) in [6.45, 7) is 0. The SMILES string of the molecule is COC(O)c1ccc(C#N)cc1-c1cc(Cl)nc(Cl)c1. The van der Waals surface area contributed by atoms with Gasteiger partial charge < -0.3 is 9.84 Å². The molecule has 4 nitrogen and oxygen atoms in total. The van der Waals surface area contributed by atoms with Crippen LogP contribution in [0.3, 0.4) is 0 Å². The number of aliphatic hydroxyl groups is 1. The third-order valence-electron chi connectivity index (χ3n) is 2.75. The zero-order chi connectivity index (χ0) is 14.7. The summed E-state index contributed by atoms with van der Waals surface area (Å²) in [5.41, 5.74) is 2.24. The lowest BCUT2D eigenvalue weighted by Gasteiger charge is -2.15. The number of methoxy groups -OCH3 is 1. The average molecular weight is 309 g/mol. The Morgan fingerprint density at radius 3 is 2.45 bits per heavy atom. The summed E-state index contributed by atoms with van der Waals surface area (Å²) in [6, 6.07) is 10.1. The van der Waals surface area contributed by atoms with E-state index in [1.165, 1.54) is 7.11 Å². The van der Waals surface area contributed by atoms with Crippen LogP contribution in [-0.4, -0.2) is 17.2 Å². The van der Waals surface area contributed by atoms with Gasteiger partial charge in [-0.1, -0.05) is 29.3 Å². The Morgan fingerprint density at radius 2 is 1.90 bits per heavy atom. The van der Waals surface area contributed by atoms with Crippen LogP contribution in [0, 0.1) is 11.3 Å². The van der Waals surface area contributed by atoms with Crippen LogP contribution in [0.1, 0.15) is 17.4 Å². The van der Waals surface area contributed by atoms with Crippen molar-refractivity contribution >= 4 is 23.2 Å². The molecule has 0 bridgehead atoms. The second-order valence-electron chi connectivity index (χ2n) is 4.00. The van der Waals surface area contributed by atoms with Crippen molar-refractivity contribution in [1.29, 1.82) is 5.26 Å². The number of hydrogen-bond donors (Lipinski definition) is 1. The van der Waals surface area contributed by atoms with E-state index in [1.54, 1.807) is 30.3 Å². The van der Waals surface area contributed by atoms with E-state index in [4.69, 9.17) is 33.2 Å². The maximum Gasteiger partial charge on any atom is 0.181 e. The number of aliphatic hydroxyl groups excluding tert-OH is 1. The van der Waals surface area contributed by atoms with Gasteiger partial charge in [-0.25, -0.2) is 4.98 Å². The van der Waals surface area contributed by atoms with Crippen molar-refractivity contribution in [2.45, 2.75) is 6.29 Å². The maximum atomic E-state index is 9.89. The van der Waals surface area contributed by atoms with Gasteiger partial charge in [-0.2, -0.15) is 5.26 Å². The molecule has 0 aliphatic carbocycles. The Bertz CT molecular complexity index is 663. The lowest BCUT2D eigenvalue weighted by atomic mass is 9.98. The van der Waals surface area contributed by atoms with Crippen molar-refractivity contribution in [1.82, 2.24) is 4.98 Å². The number of nitriles is 1. The number of nitrogens with zero attached hydrogens (tertiary/aromatic N) is 2. The van der Waals surface area contributed by atoms with Gasteiger partial charge in [-0.3, -0.25) is 0 Å². The van der Waals surface area contributed by atoms with Crippen molar-refractivity contribution in [2.75, 3.05) is 7.11 Å². The number of rotatable bonds is 3. The molecule has 0 fully saturated rings. The molecule has 0 spiro atoms. The molecule has 0 aliphatic heterocycles. The third-order valence-corrected chi connectivity index (χ3v) is 3.13. The first-order valence-electron chi connectivity index (χ1n) is 5.63. The highest BCUT2D eigenvalue weighted by molar-refractivity contribution is 6.32. The maximum absolute atomic E-state index is 9.89. The number of halogens is 2. The zero-order valence-electron chi connectivity index (χ0n) is 10.5. The van der Waals surface area contributed by atoms with Gasteiger partial charge in [0.15, 0.2) is 6.29 Å². The van der Waals surface area contributed by atoms with Gasteiger partial charge in [0.25, 0.3) is 0 Å². The minimum Gasteiger partial charge on any atom is -0.364 e. The largest absolute Gasteiger partial charge is 0.364 e. The Kier molecular flexibility index (Phi) is 4.58. The molecule has 2 rings (SSSR count). The van der Waals surface area contributed by atoms with Crippen molar-refractivity contribution < 1.29 is 9.84 Å². The van der Waals surface area contributed by atoms with Crippen molar-refractivity contribution in [2.24, 2.45) is 0 Å². The van der Waals surface area contributed by atoms with E-state index in [0.717, 1.165) is 0 Å². The van der Waals surface area contributed by atoms with Crippen LogP contribution in [0.15, 0.2) is 30.3 Å². The molecule has 0 aliphatic rings. The molecule has 2 aromatic rings. The molecular weight excluding hydrogens is 299 g/mol. The summed E-state index contributed by atoms with van der Waals surface area (Å²) in [7, 11) is 1.39. The van der Waals surface area contributed by atoms with Gasteiger partial charge in [-0.15, -0.1) is 0 Å². The number of pyridine rings is 1. The minimum absolute atomic E-state index is 0.229. The summed E-state index contributed by atoms with van der Waals surface area (Å²) in [6.07, 6.45) is -1.11. The molecule has 1 N–H and O–H groups in total. The van der Waals surface area contributed by atoms with E-state index in [1.807, 2.05) is 6.07 Å². The molecule has 1 aromatic heterocycles. The van der Waals surface area contributed by atoms with Gasteiger partial charge in [0.05, 0.1) is 11.6 Å². The van der Waals surface area contributed by atoms with Gasteiger partial charge in [0.1, 0.15) is 10.3 Å². The average Bonchev–Trinajstić information content (AvgIpc) is 2.44. The van der Waals surface area contributed by atoms with Gasteiger partial charge in [0.2, 0.25) is 0 Å². The normalized spacial score (nSPS) is 11.9. The van der Waals surface area contributed by atoms with E-state index in [-0.39, 0.29) is 10.3 Å². The van der Waals surface area contributed by atoms with Crippen LogP contribution in [0.25, 0.3) is 11.1 Å². The van der Waals surface area contributed by atoms with E-state index < -0.39 is 6.29 Å². The molecule has 0 radical (unpaired) electrons. The first-order chi connectivity index (χ1) is 9.55. The van der Waals surface area contributed by atoms with Crippen LogP contribution >= 0.6 is 23.2 Å². The number of ether oxygens (including phenoxy) is 1. The molecule has 1 unspecified atom stereocenters. The number of hydrogen-bond acceptors (Lipinski definition) is 4. The topological polar surface area (TPSA) is 66.1 Å². The summed E-state index contributed by atoms with van der Waals surface area (Å²) in [5.74, 6) is 0. The summed E-state index contributed by atoms with van der Waals surface area (Å²) < 4.78 is 4.92. The molecule has 0 amide bonds. The number of aromatic nitrogens is 1. The molecule has 1 atom stereocenters. The van der Waals surface area contributed by atoms with Crippen LogP contribution in [-0.2, 0) is 4.74 Å². The lowest BCUT2D eigenvalue weighted by molar-refractivity contribution is -0.0765. The Balaban J connectivity index is 2.66. The molecule has 1 aromatic carbocycles. The van der Waals surface area contributed by atoms with Crippen LogP contribution < -0.4 is 0 Å². The fourth-order valence-corrected chi connectivity index (χ4v) is 2.30. The van der Waals surface area contributed by atoms with Crippen LogP contribution in [0.4, 0.5) is 0 Å². The van der Waals surface area contributed by atoms with Crippen molar-refractivity contribution in [3.05, 3.63) is 51.8 Å². The van der Waals surface area contributed by atoms with E-state index in [9.17, 15) is 5.11 Å². The van der Waals surface area contributed by atoms with E-state index >= 15 is 0 Å². The lowest BCUT2D eigenvalue weighted by Crippen LogP contribution is -2.02. The van der Waals surface area contributed by atoms with Crippen LogP contribution in [0.2, 0.25) is 10.3 Å². The standard InChI is InChI=1S/C14H10Cl2N2O2/c1-20-14(19)10-3-2-8(7-17)4-11(10)9-5-12(15)18-13(16)6-9/h2-6,14,19H,1H3. The quantitative estimate of drug-likeness (QED) is 0.695. The first kappa shape index (κ1) is 14.8. The fraction of sp³-hybridized carbons (Fsp3) is 0.143. The Labute approximate surface area is 126 Å². The van der Waals surface area contributed by atoms with Gasteiger partial charge >= 0.3 is 0 Å². The highest BCUT2D eigenvalue weighted by atomic mass is 35.5. The van der Waals surface area contributed by atoms with E-state index in [2.05, 4.69) is 4.98 Å². The summed E-state index contributed by atoms with van der Waals surface area (Å²) >= 11 is 11.8. The molecule has 0 saturated carbocycles. The molecule has 20 heavy (non-hydrogen) atoms. The minimum atomic E-state index is -1.11. The van der Waals surface area contributed by atoms with Crippen molar-refractivity contribution in [3.63, 3.8) is 0 Å².